The van der Waals surface area contributed by atoms with E-state index < -0.39 is 6.10 Å². The van der Waals surface area contributed by atoms with Crippen LogP contribution in [-0.4, -0.2) is 28.7 Å². The number of fused-ring (bicyclic) bond motifs is 1. The normalized spacial score (nSPS) is 12.1. The number of nitrogens with one attached hydrogen (secondary N) is 1. The summed E-state index contributed by atoms with van der Waals surface area (Å²) in [7, 11) is 1.62. The van der Waals surface area contributed by atoms with E-state index in [4.69, 9.17) is 4.74 Å². The summed E-state index contributed by atoms with van der Waals surface area (Å²) in [6.45, 7) is 0.368. The highest BCUT2D eigenvalue weighted by Gasteiger charge is 2.09. The molecule has 0 fully saturated rings. The maximum Gasteiger partial charge on any atom is 0.137 e. The lowest BCUT2D eigenvalue weighted by Crippen LogP contribution is -2.13. The van der Waals surface area contributed by atoms with Crippen molar-refractivity contribution in [3.05, 3.63) is 60.4 Å². The predicted octanol–water partition coefficient (Wildman–Crippen LogP) is 2.78. The van der Waals surface area contributed by atoms with Crippen LogP contribution in [0.3, 0.4) is 0 Å². The molecule has 0 radical (unpaired) electrons. The predicted molar refractivity (Wildman–Crippen MR) is 86.0 cm³/mol. The molecule has 2 aromatic carbocycles. The van der Waals surface area contributed by atoms with Gasteiger partial charge in [0.25, 0.3) is 0 Å². The van der Waals surface area contributed by atoms with Gasteiger partial charge in [-0.1, -0.05) is 24.3 Å². The molecule has 0 spiro atoms. The second-order valence-electron chi connectivity index (χ2n) is 4.91. The molecule has 3 aromatic rings. The third kappa shape index (κ3) is 2.99. The van der Waals surface area contributed by atoms with E-state index in [0.717, 1.165) is 28.0 Å². The van der Waals surface area contributed by atoms with Crippen molar-refractivity contribution in [2.24, 2.45) is 0 Å². The van der Waals surface area contributed by atoms with Crippen LogP contribution in [0, 0.1) is 0 Å². The highest BCUT2D eigenvalue weighted by atomic mass is 16.5. The second kappa shape index (κ2) is 6.41. The van der Waals surface area contributed by atoms with Crippen LogP contribution in [0.4, 0.5) is 5.82 Å². The summed E-state index contributed by atoms with van der Waals surface area (Å²) >= 11 is 0. The number of methoxy groups -OCH3 is 1. The molecular weight excluding hydrogens is 278 g/mol. The molecule has 0 amide bonds. The van der Waals surface area contributed by atoms with Gasteiger partial charge in [-0.3, -0.25) is 0 Å². The average Bonchev–Trinajstić information content (AvgIpc) is 2.59. The van der Waals surface area contributed by atoms with Crippen molar-refractivity contribution in [1.29, 1.82) is 0 Å². The van der Waals surface area contributed by atoms with Crippen molar-refractivity contribution < 1.29 is 9.84 Å². The Balaban J connectivity index is 1.73. The number of hydrogen-bond acceptors (Lipinski definition) is 5. The number of aromatic nitrogens is 2. The number of hydrogen-bond donors (Lipinski definition) is 2. The Labute approximate surface area is 128 Å². The maximum absolute atomic E-state index is 10.3. The van der Waals surface area contributed by atoms with Crippen LogP contribution in [0.5, 0.6) is 5.75 Å². The van der Waals surface area contributed by atoms with Crippen molar-refractivity contribution in [2.45, 2.75) is 6.10 Å². The van der Waals surface area contributed by atoms with E-state index in [-0.39, 0.29) is 0 Å². The molecule has 1 heterocycles. The SMILES string of the molecule is COc1ccc([C@H](O)CNc2ncnc3ccccc23)cc1. The molecular formula is C17H17N3O2. The summed E-state index contributed by atoms with van der Waals surface area (Å²) < 4.78 is 5.11. The largest absolute Gasteiger partial charge is 0.497 e. The van der Waals surface area contributed by atoms with Crippen molar-refractivity contribution >= 4 is 16.7 Å². The molecule has 0 unspecified atom stereocenters. The first-order valence-electron chi connectivity index (χ1n) is 7.03. The lowest BCUT2D eigenvalue weighted by molar-refractivity contribution is 0.191. The lowest BCUT2D eigenvalue weighted by Gasteiger charge is -2.14. The van der Waals surface area contributed by atoms with E-state index in [9.17, 15) is 5.11 Å². The first-order chi connectivity index (χ1) is 10.8. The number of para-hydroxylation sites is 1. The topological polar surface area (TPSA) is 67.3 Å². The van der Waals surface area contributed by atoms with Gasteiger partial charge >= 0.3 is 0 Å². The highest BCUT2D eigenvalue weighted by molar-refractivity contribution is 5.88. The first kappa shape index (κ1) is 14.3. The Bertz CT molecular complexity index is 754. The van der Waals surface area contributed by atoms with Crippen LogP contribution in [0.15, 0.2) is 54.9 Å². The zero-order valence-electron chi connectivity index (χ0n) is 12.2. The monoisotopic (exact) mass is 295 g/mol. The summed E-state index contributed by atoms with van der Waals surface area (Å²) in [6.07, 6.45) is 0.893. The van der Waals surface area contributed by atoms with E-state index in [2.05, 4.69) is 15.3 Å². The van der Waals surface area contributed by atoms with Gasteiger partial charge in [0.2, 0.25) is 0 Å². The van der Waals surface area contributed by atoms with Crippen molar-refractivity contribution in [3.8, 4) is 5.75 Å². The molecule has 0 saturated carbocycles. The molecule has 0 aliphatic heterocycles. The molecule has 0 aliphatic rings. The van der Waals surface area contributed by atoms with E-state index in [1.54, 1.807) is 7.11 Å². The van der Waals surface area contributed by atoms with Crippen LogP contribution in [0.2, 0.25) is 0 Å². The van der Waals surface area contributed by atoms with Crippen molar-refractivity contribution in [2.75, 3.05) is 19.0 Å². The van der Waals surface area contributed by atoms with E-state index in [1.807, 2.05) is 48.5 Å². The van der Waals surface area contributed by atoms with Gasteiger partial charge in [0.15, 0.2) is 0 Å². The molecule has 0 bridgehead atoms. The zero-order chi connectivity index (χ0) is 15.4. The molecule has 0 aliphatic carbocycles. The quantitative estimate of drug-likeness (QED) is 0.757. The van der Waals surface area contributed by atoms with E-state index >= 15 is 0 Å². The smallest absolute Gasteiger partial charge is 0.137 e. The standard InChI is InChI=1S/C17H17N3O2/c1-22-13-8-6-12(7-9-13)16(21)10-18-17-14-4-2-3-5-15(14)19-11-20-17/h2-9,11,16,21H,10H2,1H3,(H,18,19,20)/t16-/m1/s1. The third-order valence-corrected chi connectivity index (χ3v) is 3.51. The summed E-state index contributed by atoms with van der Waals surface area (Å²) in [5.41, 5.74) is 1.70. The van der Waals surface area contributed by atoms with E-state index in [0.29, 0.717) is 6.54 Å². The molecule has 1 atom stereocenters. The number of nitrogens with zero attached hydrogens (tertiary/aromatic N) is 2. The summed E-state index contributed by atoms with van der Waals surface area (Å²) in [5.74, 6) is 1.49. The minimum Gasteiger partial charge on any atom is -0.497 e. The highest BCUT2D eigenvalue weighted by Crippen LogP contribution is 2.21. The van der Waals surface area contributed by atoms with Crippen LogP contribution in [-0.2, 0) is 0 Å². The molecule has 1 aromatic heterocycles. The second-order valence-corrected chi connectivity index (χ2v) is 4.91. The number of aliphatic hydroxyl groups excluding tert-OH is 1. The summed E-state index contributed by atoms with van der Waals surface area (Å²) in [5, 5.41) is 14.4. The van der Waals surface area contributed by atoms with Crippen LogP contribution in [0.1, 0.15) is 11.7 Å². The number of rotatable bonds is 5. The molecule has 3 rings (SSSR count). The van der Waals surface area contributed by atoms with Gasteiger partial charge in [-0.05, 0) is 29.8 Å². The number of aliphatic hydroxyl groups is 1. The fourth-order valence-corrected chi connectivity index (χ4v) is 2.28. The molecule has 5 nitrogen and oxygen atoms in total. The molecule has 112 valence electrons. The van der Waals surface area contributed by atoms with E-state index in [1.165, 1.54) is 6.33 Å². The number of anilines is 1. The minimum absolute atomic E-state index is 0.368. The first-order valence-corrected chi connectivity index (χ1v) is 7.03. The Hall–Kier alpha value is -2.66. The zero-order valence-corrected chi connectivity index (χ0v) is 12.2. The maximum atomic E-state index is 10.3. The van der Waals surface area contributed by atoms with Gasteiger partial charge < -0.3 is 15.2 Å². The fraction of sp³-hybridized carbons (Fsp3) is 0.176. The van der Waals surface area contributed by atoms with Crippen LogP contribution in [0.25, 0.3) is 10.9 Å². The molecule has 5 heteroatoms. The van der Waals surface area contributed by atoms with Gasteiger partial charge in [0.05, 0.1) is 18.7 Å². The Morgan fingerprint density at radius 3 is 2.64 bits per heavy atom. The van der Waals surface area contributed by atoms with Gasteiger partial charge in [0.1, 0.15) is 17.9 Å². The van der Waals surface area contributed by atoms with Crippen molar-refractivity contribution in [1.82, 2.24) is 9.97 Å². The third-order valence-electron chi connectivity index (χ3n) is 3.51. The fourth-order valence-electron chi connectivity index (χ4n) is 2.28. The molecule has 0 saturated heterocycles. The lowest BCUT2D eigenvalue weighted by atomic mass is 10.1. The van der Waals surface area contributed by atoms with Gasteiger partial charge in [-0.25, -0.2) is 9.97 Å². The summed E-state index contributed by atoms with van der Waals surface area (Å²) in [6, 6.07) is 15.1. The van der Waals surface area contributed by atoms with Gasteiger partial charge in [-0.15, -0.1) is 0 Å². The molecule has 2 N–H and O–H groups in total. The van der Waals surface area contributed by atoms with Crippen LogP contribution >= 0.6 is 0 Å². The van der Waals surface area contributed by atoms with Gasteiger partial charge in [-0.2, -0.15) is 0 Å². The average molecular weight is 295 g/mol. The number of benzene rings is 2. The number of ether oxygens (including phenoxy) is 1. The van der Waals surface area contributed by atoms with Crippen molar-refractivity contribution in [3.63, 3.8) is 0 Å². The van der Waals surface area contributed by atoms with Crippen LogP contribution < -0.4 is 10.1 Å². The Morgan fingerprint density at radius 2 is 1.86 bits per heavy atom. The Kier molecular flexibility index (Phi) is 4.16. The Morgan fingerprint density at radius 1 is 1.09 bits per heavy atom. The molecule has 22 heavy (non-hydrogen) atoms. The van der Waals surface area contributed by atoms with Gasteiger partial charge in [0, 0.05) is 11.9 Å². The minimum atomic E-state index is -0.625. The summed E-state index contributed by atoms with van der Waals surface area (Å²) in [4.78, 5) is 8.47.